The lowest BCUT2D eigenvalue weighted by Gasteiger charge is -2.31. The third-order valence-corrected chi connectivity index (χ3v) is 6.71. The summed E-state index contributed by atoms with van der Waals surface area (Å²) in [6.07, 6.45) is 0. The van der Waals surface area contributed by atoms with E-state index < -0.39 is 0 Å². The van der Waals surface area contributed by atoms with E-state index in [2.05, 4.69) is 45.0 Å². The van der Waals surface area contributed by atoms with Gasteiger partial charge in [0.2, 0.25) is 11.8 Å². The Balaban J connectivity index is 1.47. The molecule has 0 N–H and O–H groups in total. The van der Waals surface area contributed by atoms with Crippen molar-refractivity contribution < 1.29 is 9.47 Å². The van der Waals surface area contributed by atoms with Gasteiger partial charge >= 0.3 is 6.71 Å². The highest BCUT2D eigenvalue weighted by molar-refractivity contribution is 6.97. The van der Waals surface area contributed by atoms with Crippen LogP contribution in [0.1, 0.15) is 26.6 Å². The largest absolute Gasteiger partial charge is 0.438 e. The molecule has 7 heteroatoms. The normalized spacial score (nSPS) is 13.1. The van der Waals surface area contributed by atoms with Crippen molar-refractivity contribution in [3.05, 3.63) is 90.8 Å². The number of benzene rings is 2. The average Bonchev–Trinajstić information content (AvgIpc) is 2.92. The first-order chi connectivity index (χ1) is 18.0. The van der Waals surface area contributed by atoms with Crippen LogP contribution in [0.4, 0.5) is 0 Å². The Hall–Kier alpha value is -4.52. The number of hydrogen-bond donors (Lipinski definition) is 0. The van der Waals surface area contributed by atoms with E-state index in [1.807, 2.05) is 60.7 Å². The summed E-state index contributed by atoms with van der Waals surface area (Å²) in [6.45, 7) is 5.91. The van der Waals surface area contributed by atoms with E-state index in [1.54, 1.807) is 0 Å². The van der Waals surface area contributed by atoms with Crippen LogP contribution in [0.3, 0.4) is 0 Å². The van der Waals surface area contributed by atoms with E-state index in [-0.39, 0.29) is 12.1 Å². The molecular formula is C30H23BN4O2. The third kappa shape index (κ3) is 3.58. The molecule has 2 aliphatic heterocycles. The van der Waals surface area contributed by atoms with Crippen molar-refractivity contribution in [2.24, 2.45) is 0 Å². The molecule has 0 fully saturated rings. The fraction of sp³-hybridized carbons (Fsp3) is 0.133. The first-order valence-electron chi connectivity index (χ1n) is 12.4. The summed E-state index contributed by atoms with van der Waals surface area (Å²) >= 11 is 0. The van der Waals surface area contributed by atoms with Crippen molar-refractivity contribution in [3.8, 4) is 45.8 Å². The van der Waals surface area contributed by atoms with E-state index in [9.17, 15) is 0 Å². The second-order valence-electron chi connectivity index (χ2n) is 10.4. The summed E-state index contributed by atoms with van der Waals surface area (Å²) in [5, 5.41) is 0. The molecule has 0 aliphatic carbocycles. The third-order valence-electron chi connectivity index (χ3n) is 6.71. The summed E-state index contributed by atoms with van der Waals surface area (Å²) in [5.41, 5.74) is 5.86. The van der Waals surface area contributed by atoms with Crippen LogP contribution in [0.5, 0.6) is 23.3 Å². The average molecular weight is 482 g/mol. The predicted molar refractivity (Wildman–Crippen MR) is 145 cm³/mol. The molecule has 0 bridgehead atoms. The number of pyridine rings is 2. The van der Waals surface area contributed by atoms with Crippen molar-refractivity contribution in [1.29, 1.82) is 0 Å². The highest BCUT2D eigenvalue weighted by atomic mass is 16.5. The Morgan fingerprint density at radius 2 is 1.03 bits per heavy atom. The number of nitrogens with zero attached hydrogens (tertiary/aromatic N) is 4. The van der Waals surface area contributed by atoms with Gasteiger partial charge in [0.05, 0.1) is 28.0 Å². The number of hydrogen-bond acceptors (Lipinski definition) is 6. The molecule has 3 aromatic heterocycles. The molecule has 0 spiro atoms. The lowest BCUT2D eigenvalue weighted by molar-refractivity contribution is 0.417. The van der Waals surface area contributed by atoms with Crippen LogP contribution >= 0.6 is 0 Å². The van der Waals surface area contributed by atoms with Gasteiger partial charge in [-0.3, -0.25) is 9.97 Å². The molecule has 5 heterocycles. The first kappa shape index (κ1) is 21.7. The zero-order chi connectivity index (χ0) is 25.1. The maximum Gasteiger partial charge on any atom is 0.311 e. The van der Waals surface area contributed by atoms with Crippen LogP contribution in [0.15, 0.2) is 84.9 Å². The zero-order valence-electron chi connectivity index (χ0n) is 20.8. The van der Waals surface area contributed by atoms with Crippen LogP contribution in [0.2, 0.25) is 0 Å². The summed E-state index contributed by atoms with van der Waals surface area (Å²) in [7, 11) is 0. The van der Waals surface area contributed by atoms with Crippen molar-refractivity contribution in [1.82, 2.24) is 19.9 Å². The van der Waals surface area contributed by atoms with Gasteiger partial charge < -0.3 is 9.47 Å². The van der Waals surface area contributed by atoms with Gasteiger partial charge in [0.25, 0.3) is 0 Å². The summed E-state index contributed by atoms with van der Waals surface area (Å²) in [6, 6.07) is 28.2. The van der Waals surface area contributed by atoms with E-state index in [1.165, 1.54) is 0 Å². The number of rotatable bonds is 2. The molecule has 2 aromatic carbocycles. The highest BCUT2D eigenvalue weighted by Gasteiger charge is 2.45. The van der Waals surface area contributed by atoms with Gasteiger partial charge in [0, 0.05) is 16.5 Å². The van der Waals surface area contributed by atoms with Gasteiger partial charge in [-0.2, -0.15) is 9.97 Å². The van der Waals surface area contributed by atoms with Crippen LogP contribution in [0, 0.1) is 0 Å². The second-order valence-corrected chi connectivity index (χ2v) is 10.4. The molecule has 7 rings (SSSR count). The number of ether oxygens (including phenoxy) is 2. The Morgan fingerprint density at radius 3 is 1.46 bits per heavy atom. The molecule has 5 aromatic rings. The standard InChI is InChI=1S/C30H23BN4O2/c1-30(2,3)29-34-27-24-28(35-29)37-23-17-15-21(19-12-8-5-9-13-19)33-26(23)31(24)25-22(36-27)16-14-20(32-25)18-10-6-4-7-11-18/h4-17H,1-3H3. The topological polar surface area (TPSA) is 70.0 Å². The summed E-state index contributed by atoms with van der Waals surface area (Å²) in [4.78, 5) is 19.9. The fourth-order valence-electron chi connectivity index (χ4n) is 4.83. The Kier molecular flexibility index (Phi) is 4.70. The molecule has 37 heavy (non-hydrogen) atoms. The fourth-order valence-corrected chi connectivity index (χ4v) is 4.83. The molecular weight excluding hydrogens is 459 g/mol. The van der Waals surface area contributed by atoms with E-state index in [0.717, 1.165) is 39.2 Å². The molecule has 0 unspecified atom stereocenters. The summed E-state index contributed by atoms with van der Waals surface area (Å²) < 4.78 is 12.7. The lowest BCUT2D eigenvalue weighted by Crippen LogP contribution is -2.60. The van der Waals surface area contributed by atoms with E-state index >= 15 is 0 Å². The van der Waals surface area contributed by atoms with Crippen LogP contribution in [0.25, 0.3) is 22.5 Å². The van der Waals surface area contributed by atoms with Gasteiger partial charge in [-0.05, 0) is 24.3 Å². The minimum absolute atomic E-state index is 0.279. The Bertz CT molecular complexity index is 1550. The van der Waals surface area contributed by atoms with E-state index in [4.69, 9.17) is 29.4 Å². The molecule has 0 atom stereocenters. The predicted octanol–water partition coefficient (Wildman–Crippen LogP) is 4.63. The van der Waals surface area contributed by atoms with Gasteiger partial charge in [-0.1, -0.05) is 81.4 Å². The molecule has 0 amide bonds. The Labute approximate surface area is 215 Å². The molecule has 178 valence electrons. The van der Waals surface area contributed by atoms with Gasteiger partial charge in [0.15, 0.2) is 0 Å². The van der Waals surface area contributed by atoms with Crippen LogP contribution < -0.4 is 26.1 Å². The van der Waals surface area contributed by atoms with Crippen molar-refractivity contribution in [2.75, 3.05) is 0 Å². The van der Waals surface area contributed by atoms with Crippen LogP contribution in [-0.2, 0) is 5.41 Å². The molecule has 0 saturated carbocycles. The van der Waals surface area contributed by atoms with Crippen molar-refractivity contribution in [2.45, 2.75) is 26.2 Å². The smallest absolute Gasteiger partial charge is 0.311 e. The maximum absolute atomic E-state index is 6.36. The van der Waals surface area contributed by atoms with E-state index in [0.29, 0.717) is 29.1 Å². The molecule has 6 nitrogen and oxygen atoms in total. The van der Waals surface area contributed by atoms with Crippen LogP contribution in [-0.4, -0.2) is 26.6 Å². The highest BCUT2D eigenvalue weighted by Crippen LogP contribution is 2.35. The molecule has 0 radical (unpaired) electrons. The minimum Gasteiger partial charge on any atom is -0.438 e. The monoisotopic (exact) mass is 482 g/mol. The van der Waals surface area contributed by atoms with Gasteiger partial charge in [0.1, 0.15) is 17.3 Å². The molecule has 2 aliphatic rings. The van der Waals surface area contributed by atoms with Crippen molar-refractivity contribution >= 4 is 23.4 Å². The Morgan fingerprint density at radius 1 is 0.568 bits per heavy atom. The number of fused-ring (bicyclic) bond motifs is 4. The maximum atomic E-state index is 6.36. The molecule has 0 saturated heterocycles. The SMILES string of the molecule is CC(C)(C)c1nc2c3c(n1)Oc1ccc(-c4ccccc4)nc1B3c1nc(-c3ccccc3)ccc1O2. The van der Waals surface area contributed by atoms with Gasteiger partial charge in [-0.15, -0.1) is 0 Å². The quantitative estimate of drug-likeness (QED) is 0.335. The zero-order valence-corrected chi connectivity index (χ0v) is 20.8. The second kappa shape index (κ2) is 8.00. The number of aromatic nitrogens is 4. The first-order valence-corrected chi connectivity index (χ1v) is 12.4. The minimum atomic E-state index is -0.321. The summed E-state index contributed by atoms with van der Waals surface area (Å²) in [5.74, 6) is 3.00. The lowest BCUT2D eigenvalue weighted by atomic mass is 9.38. The van der Waals surface area contributed by atoms with Crippen molar-refractivity contribution in [3.63, 3.8) is 0 Å². The van der Waals surface area contributed by atoms with Gasteiger partial charge in [-0.25, -0.2) is 0 Å².